The van der Waals surface area contributed by atoms with Crippen LogP contribution in [0.2, 0.25) is 0 Å². The van der Waals surface area contributed by atoms with E-state index in [4.69, 9.17) is 4.98 Å². The third-order valence-corrected chi connectivity index (χ3v) is 12.0. The summed E-state index contributed by atoms with van der Waals surface area (Å²) >= 11 is 3.64. The van der Waals surface area contributed by atoms with Crippen molar-refractivity contribution in [1.29, 1.82) is 0 Å². The van der Waals surface area contributed by atoms with Gasteiger partial charge in [-0.25, -0.2) is 4.98 Å². The lowest BCUT2D eigenvalue weighted by Crippen LogP contribution is -2.10. The number of fused-ring (bicyclic) bond motifs is 6. The van der Waals surface area contributed by atoms with Gasteiger partial charge < -0.3 is 4.90 Å². The molecule has 4 heteroatoms. The SMILES string of the molecule is c1ccc(-c2ccc(N(c3ccc4sc5ccc6nc(-c7ccccc7)sc6c5c4c3)c3ccc(-c4ccccc4)c4ccccc34)cc2)cc1. The van der Waals surface area contributed by atoms with Crippen molar-refractivity contribution in [1.82, 2.24) is 4.98 Å². The Hall–Kier alpha value is -6.07. The number of hydrogen-bond donors (Lipinski definition) is 0. The maximum atomic E-state index is 5.09. The van der Waals surface area contributed by atoms with Gasteiger partial charge in [0.15, 0.2) is 0 Å². The Bertz CT molecular complexity index is 2840. The van der Waals surface area contributed by atoms with Crippen LogP contribution in [0.25, 0.3) is 74.0 Å². The van der Waals surface area contributed by atoms with E-state index in [1.807, 2.05) is 11.3 Å². The van der Waals surface area contributed by atoms with Crippen molar-refractivity contribution in [3.05, 3.63) is 182 Å². The topological polar surface area (TPSA) is 16.1 Å². The first-order valence-electron chi connectivity index (χ1n) is 17.1. The van der Waals surface area contributed by atoms with Crippen molar-refractivity contribution in [3.63, 3.8) is 0 Å². The zero-order valence-corrected chi connectivity index (χ0v) is 29.2. The van der Waals surface area contributed by atoms with Gasteiger partial charge in [-0.1, -0.05) is 133 Å². The molecule has 0 atom stereocenters. The first-order valence-corrected chi connectivity index (χ1v) is 18.8. The number of aromatic nitrogens is 1. The maximum Gasteiger partial charge on any atom is 0.124 e. The summed E-state index contributed by atoms with van der Waals surface area (Å²) in [4.78, 5) is 7.51. The smallest absolute Gasteiger partial charge is 0.124 e. The lowest BCUT2D eigenvalue weighted by Gasteiger charge is -2.28. The van der Waals surface area contributed by atoms with Crippen LogP contribution in [0.3, 0.4) is 0 Å². The summed E-state index contributed by atoms with van der Waals surface area (Å²) in [6.45, 7) is 0. The molecular formula is C47H30N2S2. The minimum Gasteiger partial charge on any atom is -0.310 e. The van der Waals surface area contributed by atoms with Gasteiger partial charge in [0.2, 0.25) is 0 Å². The molecule has 8 aromatic carbocycles. The Balaban J connectivity index is 1.19. The Kier molecular flexibility index (Phi) is 7.23. The van der Waals surface area contributed by atoms with Gasteiger partial charge in [-0.3, -0.25) is 0 Å². The minimum absolute atomic E-state index is 1.05. The van der Waals surface area contributed by atoms with E-state index in [0.29, 0.717) is 0 Å². The van der Waals surface area contributed by atoms with Gasteiger partial charge in [0.1, 0.15) is 5.01 Å². The molecule has 0 aliphatic heterocycles. The van der Waals surface area contributed by atoms with E-state index >= 15 is 0 Å². The standard InChI is InChI=1S/C47H30N2S2/c1-4-12-31(13-5-1)32-20-22-35(23-21-32)49(42-27-25-37(33-14-6-2-7-15-33)38-18-10-11-19-39(38)42)36-24-28-43-40(30-36)45-44(50-43)29-26-41-46(45)51-47(48-41)34-16-8-3-9-17-34/h1-30H. The average Bonchev–Trinajstić information content (AvgIpc) is 3.81. The van der Waals surface area contributed by atoms with Crippen molar-refractivity contribution in [3.8, 4) is 32.8 Å². The highest BCUT2D eigenvalue weighted by Gasteiger charge is 2.20. The lowest BCUT2D eigenvalue weighted by atomic mass is 9.96. The van der Waals surface area contributed by atoms with Crippen LogP contribution >= 0.6 is 22.7 Å². The summed E-state index contributed by atoms with van der Waals surface area (Å²) in [6, 6.07) is 65.6. The molecule has 51 heavy (non-hydrogen) atoms. The van der Waals surface area contributed by atoms with Crippen molar-refractivity contribution in [2.24, 2.45) is 0 Å². The molecule has 0 bridgehead atoms. The van der Waals surface area contributed by atoms with Gasteiger partial charge in [0, 0.05) is 42.5 Å². The third kappa shape index (κ3) is 5.20. The number of thiophene rings is 1. The van der Waals surface area contributed by atoms with Gasteiger partial charge >= 0.3 is 0 Å². The van der Waals surface area contributed by atoms with Crippen LogP contribution < -0.4 is 4.90 Å². The van der Waals surface area contributed by atoms with E-state index in [-0.39, 0.29) is 0 Å². The minimum atomic E-state index is 1.05. The molecule has 0 N–H and O–H groups in total. The summed E-state index contributed by atoms with van der Waals surface area (Å²) in [5, 5.41) is 6.04. The highest BCUT2D eigenvalue weighted by Crippen LogP contribution is 2.47. The molecule has 0 spiro atoms. The molecule has 0 radical (unpaired) electrons. The lowest BCUT2D eigenvalue weighted by molar-refractivity contribution is 1.30. The second kappa shape index (κ2) is 12.4. The summed E-state index contributed by atoms with van der Waals surface area (Å²) in [7, 11) is 0. The van der Waals surface area contributed by atoms with Crippen LogP contribution in [-0.4, -0.2) is 4.98 Å². The number of thiazole rings is 1. The number of benzene rings is 8. The Morgan fingerprint density at radius 1 is 0.412 bits per heavy atom. The van der Waals surface area contributed by atoms with Gasteiger partial charge in [-0.2, -0.15) is 0 Å². The van der Waals surface area contributed by atoms with Crippen molar-refractivity contribution < 1.29 is 0 Å². The second-order valence-electron chi connectivity index (χ2n) is 12.7. The predicted molar refractivity (Wildman–Crippen MR) is 221 cm³/mol. The summed E-state index contributed by atoms with van der Waals surface area (Å²) in [5.41, 5.74) is 10.4. The molecule has 2 aromatic heterocycles. The van der Waals surface area contributed by atoms with E-state index in [2.05, 4.69) is 187 Å². The maximum absolute atomic E-state index is 5.09. The van der Waals surface area contributed by atoms with E-state index in [1.165, 1.54) is 57.9 Å². The summed E-state index contributed by atoms with van der Waals surface area (Å²) < 4.78 is 3.81. The second-order valence-corrected chi connectivity index (χ2v) is 14.8. The van der Waals surface area contributed by atoms with E-state index < -0.39 is 0 Å². The van der Waals surface area contributed by atoms with Crippen LogP contribution in [0.5, 0.6) is 0 Å². The average molecular weight is 687 g/mol. The highest BCUT2D eigenvalue weighted by atomic mass is 32.1. The molecule has 0 fully saturated rings. The number of nitrogens with zero attached hydrogens (tertiary/aromatic N) is 2. The van der Waals surface area contributed by atoms with Crippen molar-refractivity contribution >= 4 is 80.9 Å². The number of anilines is 3. The monoisotopic (exact) mass is 686 g/mol. The first-order chi connectivity index (χ1) is 25.3. The largest absolute Gasteiger partial charge is 0.310 e. The van der Waals surface area contributed by atoms with E-state index in [1.54, 1.807) is 11.3 Å². The summed E-state index contributed by atoms with van der Waals surface area (Å²) in [5.74, 6) is 0. The van der Waals surface area contributed by atoms with E-state index in [9.17, 15) is 0 Å². The molecule has 2 heterocycles. The Labute approximate surface area is 304 Å². The van der Waals surface area contributed by atoms with Crippen molar-refractivity contribution in [2.45, 2.75) is 0 Å². The van der Waals surface area contributed by atoms with Crippen LogP contribution in [0.15, 0.2) is 182 Å². The molecule has 240 valence electrons. The molecule has 2 nitrogen and oxygen atoms in total. The molecule has 0 amide bonds. The fraction of sp³-hybridized carbons (Fsp3) is 0. The molecule has 0 aliphatic rings. The molecule has 0 unspecified atom stereocenters. The quantitative estimate of drug-likeness (QED) is 0.173. The zero-order valence-electron chi connectivity index (χ0n) is 27.5. The molecule has 10 aromatic rings. The van der Waals surface area contributed by atoms with Crippen LogP contribution in [-0.2, 0) is 0 Å². The fourth-order valence-electron chi connectivity index (χ4n) is 7.29. The van der Waals surface area contributed by atoms with Crippen LogP contribution in [0.4, 0.5) is 17.1 Å². The Morgan fingerprint density at radius 2 is 1.02 bits per heavy atom. The third-order valence-electron chi connectivity index (χ3n) is 9.71. The predicted octanol–water partition coefficient (Wildman–Crippen LogP) is 14.3. The Morgan fingerprint density at radius 3 is 1.76 bits per heavy atom. The fourth-order valence-corrected chi connectivity index (χ4v) is 9.58. The highest BCUT2D eigenvalue weighted by molar-refractivity contribution is 7.28. The number of hydrogen-bond acceptors (Lipinski definition) is 4. The molecule has 10 rings (SSSR count). The summed E-state index contributed by atoms with van der Waals surface area (Å²) in [6.07, 6.45) is 0. The zero-order chi connectivity index (χ0) is 33.7. The molecule has 0 saturated heterocycles. The molecular weight excluding hydrogens is 657 g/mol. The van der Waals surface area contributed by atoms with Crippen LogP contribution in [0.1, 0.15) is 0 Å². The molecule has 0 saturated carbocycles. The first kappa shape index (κ1) is 29.8. The van der Waals surface area contributed by atoms with E-state index in [0.717, 1.165) is 33.1 Å². The van der Waals surface area contributed by atoms with Crippen molar-refractivity contribution in [2.75, 3.05) is 4.90 Å². The van der Waals surface area contributed by atoms with Crippen LogP contribution in [0, 0.1) is 0 Å². The molecule has 0 aliphatic carbocycles. The van der Waals surface area contributed by atoms with Gasteiger partial charge in [-0.05, 0) is 76.2 Å². The van der Waals surface area contributed by atoms with Gasteiger partial charge in [-0.15, -0.1) is 22.7 Å². The number of rotatable bonds is 6. The van der Waals surface area contributed by atoms with Gasteiger partial charge in [0.05, 0.1) is 15.9 Å². The normalized spacial score (nSPS) is 11.5. The van der Waals surface area contributed by atoms with Gasteiger partial charge in [0.25, 0.3) is 0 Å².